The maximum atomic E-state index is 13.5. The number of halogens is 1. The summed E-state index contributed by atoms with van der Waals surface area (Å²) in [6.07, 6.45) is 3.86. The van der Waals surface area contributed by atoms with Crippen LogP contribution in [0, 0.1) is 0 Å². The first-order valence-corrected chi connectivity index (χ1v) is 10.3. The number of imidazole rings is 1. The lowest BCUT2D eigenvalue weighted by molar-refractivity contribution is 0.0646. The predicted molar refractivity (Wildman–Crippen MR) is 113 cm³/mol. The van der Waals surface area contributed by atoms with E-state index in [1.54, 1.807) is 40.1 Å². The number of pyridine rings is 2. The molecule has 0 saturated carbocycles. The summed E-state index contributed by atoms with van der Waals surface area (Å²) in [4.78, 5) is 26.9. The van der Waals surface area contributed by atoms with E-state index in [0.717, 1.165) is 16.9 Å². The average molecular weight is 447 g/mol. The molecule has 158 valence electrons. The minimum Gasteiger partial charge on any atom is -0.411 e. The van der Waals surface area contributed by atoms with Crippen LogP contribution >= 0.6 is 11.6 Å². The van der Waals surface area contributed by atoms with Gasteiger partial charge in [-0.25, -0.2) is 9.50 Å². The Kier molecular flexibility index (Phi) is 4.25. The van der Waals surface area contributed by atoms with Crippen molar-refractivity contribution in [3.05, 3.63) is 83.1 Å². The Morgan fingerprint density at radius 1 is 1.16 bits per heavy atom. The number of carbonyl (C=O) groups is 1. The molecule has 1 amide bonds. The van der Waals surface area contributed by atoms with Crippen LogP contribution in [0.4, 0.5) is 0 Å². The zero-order valence-corrected chi connectivity index (χ0v) is 17.3. The van der Waals surface area contributed by atoms with Crippen LogP contribution in [0.3, 0.4) is 0 Å². The van der Waals surface area contributed by atoms with E-state index in [4.69, 9.17) is 16.0 Å². The highest BCUT2D eigenvalue weighted by Crippen LogP contribution is 2.34. The van der Waals surface area contributed by atoms with E-state index in [1.165, 1.54) is 0 Å². The number of aromatic nitrogens is 7. The molecule has 1 aliphatic rings. The molecule has 0 fully saturated rings. The Morgan fingerprint density at radius 2 is 2.09 bits per heavy atom. The van der Waals surface area contributed by atoms with Crippen LogP contribution in [-0.2, 0) is 6.42 Å². The molecule has 5 aromatic heterocycles. The third-order valence-electron chi connectivity index (χ3n) is 5.42. The lowest BCUT2D eigenvalue weighted by Crippen LogP contribution is -2.41. The molecule has 0 aliphatic carbocycles. The third kappa shape index (κ3) is 2.95. The van der Waals surface area contributed by atoms with E-state index in [2.05, 4.69) is 30.2 Å². The molecule has 6 rings (SSSR count). The van der Waals surface area contributed by atoms with E-state index in [0.29, 0.717) is 29.5 Å². The maximum Gasteiger partial charge on any atom is 0.312 e. The first-order valence-electron chi connectivity index (χ1n) is 9.91. The van der Waals surface area contributed by atoms with Gasteiger partial charge in [-0.15, -0.1) is 10.2 Å². The first kappa shape index (κ1) is 18.7. The van der Waals surface area contributed by atoms with Gasteiger partial charge in [0.2, 0.25) is 0 Å². The fraction of sp³-hybridized carbons (Fsp3) is 0.143. The molecule has 1 aliphatic heterocycles. The zero-order chi connectivity index (χ0) is 21.7. The van der Waals surface area contributed by atoms with Crippen LogP contribution in [0.2, 0.25) is 5.15 Å². The van der Waals surface area contributed by atoms with Gasteiger partial charge in [-0.05, 0) is 30.3 Å². The summed E-state index contributed by atoms with van der Waals surface area (Å²) in [5.41, 5.74) is 3.65. The molecule has 0 spiro atoms. The fourth-order valence-electron chi connectivity index (χ4n) is 3.96. The van der Waals surface area contributed by atoms with E-state index < -0.39 is 11.9 Å². The van der Waals surface area contributed by atoms with E-state index in [1.807, 2.05) is 24.3 Å². The zero-order valence-electron chi connectivity index (χ0n) is 16.5. The Labute approximate surface area is 185 Å². The molecule has 6 heterocycles. The molecule has 0 radical (unpaired) electrons. The quantitative estimate of drug-likeness (QED) is 0.423. The van der Waals surface area contributed by atoms with Crippen LogP contribution < -0.4 is 0 Å². The molecule has 32 heavy (non-hydrogen) atoms. The molecular formula is C21H15ClN8O2. The van der Waals surface area contributed by atoms with Gasteiger partial charge in [-0.2, -0.15) is 5.10 Å². The molecule has 0 unspecified atom stereocenters. The number of hydrogen-bond acceptors (Lipinski definition) is 7. The largest absolute Gasteiger partial charge is 0.411 e. The Hall–Kier alpha value is -4.05. The van der Waals surface area contributed by atoms with Gasteiger partial charge in [-0.1, -0.05) is 23.7 Å². The van der Waals surface area contributed by atoms with Crippen molar-refractivity contribution < 1.29 is 9.21 Å². The highest BCUT2D eigenvalue weighted by atomic mass is 35.5. The summed E-state index contributed by atoms with van der Waals surface area (Å²) < 4.78 is 7.30. The highest BCUT2D eigenvalue weighted by Gasteiger charge is 2.38. The first-order chi connectivity index (χ1) is 15.7. The van der Waals surface area contributed by atoms with Gasteiger partial charge < -0.3 is 14.3 Å². The number of fused-ring (bicyclic) bond motifs is 2. The second-order valence-corrected chi connectivity index (χ2v) is 7.69. The van der Waals surface area contributed by atoms with Crippen LogP contribution in [-0.4, -0.2) is 52.1 Å². The van der Waals surface area contributed by atoms with Crippen molar-refractivity contribution in [2.45, 2.75) is 12.5 Å². The number of hydrogen-bond donors (Lipinski definition) is 1. The van der Waals surface area contributed by atoms with Gasteiger partial charge in [0.25, 0.3) is 5.89 Å². The molecule has 1 atom stereocenters. The standard InChI is InChI=1S/C21H15ClN8O2/c22-16-6-3-4-12-10-15(28-30(12)16)18-17-13(24-11-25-17)7-9-29(18)21(31)20-27-26-19(32-20)14-5-1-2-8-23-14/h1-6,8,10-11,18H,7,9H2,(H,24,25)/t18-/m0/s1. The van der Waals surface area contributed by atoms with Crippen molar-refractivity contribution >= 4 is 23.0 Å². The summed E-state index contributed by atoms with van der Waals surface area (Å²) in [5.74, 6) is -0.333. The van der Waals surface area contributed by atoms with Gasteiger partial charge in [0.1, 0.15) is 16.9 Å². The third-order valence-corrected chi connectivity index (χ3v) is 5.70. The minimum atomic E-state index is -0.529. The summed E-state index contributed by atoms with van der Waals surface area (Å²) in [6, 6.07) is 12.2. The van der Waals surface area contributed by atoms with Gasteiger partial charge in [-0.3, -0.25) is 9.78 Å². The van der Waals surface area contributed by atoms with Crippen LogP contribution in [0.15, 0.2) is 59.4 Å². The van der Waals surface area contributed by atoms with Crippen molar-refractivity contribution in [3.8, 4) is 11.6 Å². The molecule has 11 heteroatoms. The minimum absolute atomic E-state index is 0.114. The number of amides is 1. The number of rotatable bonds is 3. The number of nitrogens with one attached hydrogen (secondary N) is 1. The van der Waals surface area contributed by atoms with Crippen molar-refractivity contribution in [2.75, 3.05) is 6.54 Å². The summed E-state index contributed by atoms with van der Waals surface area (Å²) in [7, 11) is 0. The van der Waals surface area contributed by atoms with Gasteiger partial charge in [0.05, 0.1) is 23.2 Å². The molecular weight excluding hydrogens is 432 g/mol. The van der Waals surface area contributed by atoms with Gasteiger partial charge in [0.15, 0.2) is 0 Å². The Bertz CT molecular complexity index is 1440. The highest BCUT2D eigenvalue weighted by molar-refractivity contribution is 6.29. The summed E-state index contributed by atoms with van der Waals surface area (Å²) in [6.45, 7) is 0.432. The number of aromatic amines is 1. The molecule has 0 saturated heterocycles. The average Bonchev–Trinajstić information content (AvgIpc) is 3.58. The lowest BCUT2D eigenvalue weighted by atomic mass is 9.99. The van der Waals surface area contributed by atoms with E-state index >= 15 is 0 Å². The normalized spacial score (nSPS) is 15.8. The molecule has 0 aromatic carbocycles. The smallest absolute Gasteiger partial charge is 0.312 e. The van der Waals surface area contributed by atoms with Crippen LogP contribution in [0.1, 0.15) is 33.8 Å². The molecule has 10 nitrogen and oxygen atoms in total. The topological polar surface area (TPSA) is 118 Å². The summed E-state index contributed by atoms with van der Waals surface area (Å²) >= 11 is 6.30. The lowest BCUT2D eigenvalue weighted by Gasteiger charge is -2.32. The molecule has 5 aromatic rings. The second-order valence-electron chi connectivity index (χ2n) is 7.30. The van der Waals surface area contributed by atoms with E-state index in [-0.39, 0.29) is 11.8 Å². The summed E-state index contributed by atoms with van der Waals surface area (Å²) in [5, 5.41) is 13.1. The van der Waals surface area contributed by atoms with Crippen molar-refractivity contribution in [1.29, 1.82) is 0 Å². The number of carbonyl (C=O) groups excluding carboxylic acids is 1. The van der Waals surface area contributed by atoms with E-state index in [9.17, 15) is 4.79 Å². The second kappa shape index (κ2) is 7.27. The van der Waals surface area contributed by atoms with Crippen LogP contribution in [0.5, 0.6) is 0 Å². The van der Waals surface area contributed by atoms with Crippen molar-refractivity contribution in [2.24, 2.45) is 0 Å². The van der Waals surface area contributed by atoms with Crippen molar-refractivity contribution in [1.82, 2.24) is 39.7 Å². The Balaban J connectivity index is 1.41. The SMILES string of the molecule is O=C(c1nnc(-c2ccccn2)o1)N1CCc2[nH]cnc2[C@@H]1c1cc2cccc(Cl)n2n1. The maximum absolute atomic E-state index is 13.5. The van der Waals surface area contributed by atoms with Crippen LogP contribution in [0.25, 0.3) is 17.1 Å². The number of H-pyrrole nitrogens is 1. The molecule has 1 N–H and O–H groups in total. The number of nitrogens with zero attached hydrogens (tertiary/aromatic N) is 7. The predicted octanol–water partition coefficient (Wildman–Crippen LogP) is 2.94. The van der Waals surface area contributed by atoms with Crippen molar-refractivity contribution in [3.63, 3.8) is 0 Å². The molecule has 0 bridgehead atoms. The fourth-order valence-corrected chi connectivity index (χ4v) is 4.16. The monoisotopic (exact) mass is 446 g/mol. The van der Waals surface area contributed by atoms with Gasteiger partial charge in [0, 0.05) is 24.9 Å². The Morgan fingerprint density at radius 3 is 2.94 bits per heavy atom. The van der Waals surface area contributed by atoms with Gasteiger partial charge >= 0.3 is 11.8 Å².